The Morgan fingerprint density at radius 1 is 1.20 bits per heavy atom. The summed E-state index contributed by atoms with van der Waals surface area (Å²) in [5, 5.41) is 0.489. The maximum absolute atomic E-state index is 12.7. The lowest BCUT2D eigenvalue weighted by Gasteiger charge is -2.18. The van der Waals surface area contributed by atoms with E-state index in [9.17, 15) is 13.2 Å². The molecule has 0 amide bonds. The smallest absolute Gasteiger partial charge is 0.254 e. The molecule has 0 radical (unpaired) electrons. The van der Waals surface area contributed by atoms with Gasteiger partial charge in [0.05, 0.1) is 11.4 Å². The van der Waals surface area contributed by atoms with Crippen LogP contribution in [-0.2, 0) is 17.1 Å². The molecule has 0 aliphatic carbocycles. The largest absolute Gasteiger partial charge is 0.489 e. The van der Waals surface area contributed by atoms with Gasteiger partial charge >= 0.3 is 0 Å². The third-order valence-electron chi connectivity index (χ3n) is 4.34. The van der Waals surface area contributed by atoms with Crippen molar-refractivity contribution in [2.24, 2.45) is 7.05 Å². The molecule has 1 aliphatic heterocycles. The van der Waals surface area contributed by atoms with E-state index in [1.165, 1.54) is 27.1 Å². The van der Waals surface area contributed by atoms with Crippen LogP contribution in [0.1, 0.15) is 12.1 Å². The number of aromatic nitrogens is 1. The van der Waals surface area contributed by atoms with Crippen molar-refractivity contribution in [3.63, 3.8) is 0 Å². The fraction of sp³-hybridized carbons (Fsp3) is 0.353. The summed E-state index contributed by atoms with van der Waals surface area (Å²) >= 11 is 5.82. The first kappa shape index (κ1) is 18.0. The summed E-state index contributed by atoms with van der Waals surface area (Å²) in [6, 6.07) is 9.30. The normalized spacial score (nSPS) is 18.4. The summed E-state index contributed by atoms with van der Waals surface area (Å²) < 4.78 is 34.1. The Hall–Kier alpha value is -1.83. The summed E-state index contributed by atoms with van der Waals surface area (Å²) in [5.74, 6) is 0.469. The molecular weight excluding hydrogens is 364 g/mol. The molecule has 1 atom stereocenters. The number of benzene rings is 1. The first-order valence-corrected chi connectivity index (χ1v) is 9.69. The number of sulfonamides is 1. The van der Waals surface area contributed by atoms with E-state index in [0.29, 0.717) is 23.7 Å². The second kappa shape index (κ2) is 6.82. The molecular formula is C17H19ClN2O4S. The van der Waals surface area contributed by atoms with Crippen LogP contribution in [0.2, 0.25) is 5.02 Å². The topological polar surface area (TPSA) is 68.6 Å². The van der Waals surface area contributed by atoms with E-state index in [-0.39, 0.29) is 23.1 Å². The van der Waals surface area contributed by atoms with Gasteiger partial charge in [0, 0.05) is 30.4 Å². The average molecular weight is 383 g/mol. The Balaban J connectivity index is 1.73. The van der Waals surface area contributed by atoms with Crippen molar-refractivity contribution in [1.82, 2.24) is 8.87 Å². The minimum Gasteiger partial charge on any atom is -0.489 e. The van der Waals surface area contributed by atoms with Crippen LogP contribution < -0.4 is 10.3 Å². The summed E-state index contributed by atoms with van der Waals surface area (Å²) in [7, 11) is -1.88. The lowest BCUT2D eigenvalue weighted by Crippen LogP contribution is -2.31. The van der Waals surface area contributed by atoms with Crippen LogP contribution in [-0.4, -0.2) is 36.5 Å². The van der Waals surface area contributed by atoms with Gasteiger partial charge < -0.3 is 9.30 Å². The Morgan fingerprint density at radius 3 is 2.52 bits per heavy atom. The number of halogens is 1. The van der Waals surface area contributed by atoms with E-state index in [1.54, 1.807) is 25.2 Å². The summed E-state index contributed by atoms with van der Waals surface area (Å²) in [6.45, 7) is 2.44. The van der Waals surface area contributed by atoms with Crippen LogP contribution in [0.25, 0.3) is 0 Å². The lowest BCUT2D eigenvalue weighted by atomic mass is 10.3. The van der Waals surface area contributed by atoms with Crippen molar-refractivity contribution < 1.29 is 13.2 Å². The van der Waals surface area contributed by atoms with Gasteiger partial charge in [0.1, 0.15) is 11.9 Å². The predicted octanol–water partition coefficient (Wildman–Crippen LogP) is 2.19. The number of rotatable bonds is 4. The third kappa shape index (κ3) is 3.73. The van der Waals surface area contributed by atoms with E-state index in [2.05, 4.69) is 0 Å². The Kier molecular flexibility index (Phi) is 4.90. The molecule has 1 unspecified atom stereocenters. The number of hydrogen-bond donors (Lipinski definition) is 0. The second-order valence-corrected chi connectivity index (χ2v) is 8.45. The number of ether oxygens (including phenoxy) is 1. The van der Waals surface area contributed by atoms with E-state index in [4.69, 9.17) is 16.3 Å². The average Bonchev–Trinajstić information content (AvgIpc) is 3.02. The van der Waals surface area contributed by atoms with Crippen LogP contribution in [0.4, 0.5) is 0 Å². The van der Waals surface area contributed by atoms with Gasteiger partial charge in [0.25, 0.3) is 5.56 Å². The minimum atomic E-state index is -3.57. The SMILES string of the molecule is Cc1cc(OC2CCN(S(=O)(=O)c3ccc(Cl)cc3)C2)cc(=O)n1C. The number of hydrogen-bond acceptors (Lipinski definition) is 4. The lowest BCUT2D eigenvalue weighted by molar-refractivity contribution is 0.214. The zero-order valence-corrected chi connectivity index (χ0v) is 15.5. The van der Waals surface area contributed by atoms with Crippen LogP contribution in [0.15, 0.2) is 46.1 Å². The van der Waals surface area contributed by atoms with Gasteiger partial charge in [-0.15, -0.1) is 0 Å². The Bertz CT molecular complexity index is 938. The number of nitrogens with zero attached hydrogens (tertiary/aromatic N) is 2. The quantitative estimate of drug-likeness (QED) is 0.812. The molecule has 1 aromatic heterocycles. The second-order valence-electron chi connectivity index (χ2n) is 6.08. The van der Waals surface area contributed by atoms with E-state index in [0.717, 1.165) is 5.69 Å². The van der Waals surface area contributed by atoms with Gasteiger partial charge in [-0.25, -0.2) is 8.42 Å². The first-order valence-electron chi connectivity index (χ1n) is 7.87. The van der Waals surface area contributed by atoms with Gasteiger partial charge in [-0.05, 0) is 43.7 Å². The number of aryl methyl sites for hydroxylation is 1. The van der Waals surface area contributed by atoms with Crippen molar-refractivity contribution in [1.29, 1.82) is 0 Å². The van der Waals surface area contributed by atoms with Gasteiger partial charge in [0.15, 0.2) is 0 Å². The molecule has 1 fully saturated rings. The van der Waals surface area contributed by atoms with Crippen molar-refractivity contribution in [3.05, 3.63) is 57.5 Å². The van der Waals surface area contributed by atoms with Crippen LogP contribution in [0.3, 0.4) is 0 Å². The molecule has 25 heavy (non-hydrogen) atoms. The minimum absolute atomic E-state index is 0.154. The molecule has 1 aromatic carbocycles. The fourth-order valence-electron chi connectivity index (χ4n) is 2.77. The molecule has 0 bridgehead atoms. The highest BCUT2D eigenvalue weighted by molar-refractivity contribution is 7.89. The van der Waals surface area contributed by atoms with Gasteiger partial charge in [0.2, 0.25) is 10.0 Å². The highest BCUT2D eigenvalue weighted by Crippen LogP contribution is 2.25. The highest BCUT2D eigenvalue weighted by Gasteiger charge is 2.33. The Morgan fingerprint density at radius 2 is 1.88 bits per heavy atom. The summed E-state index contributed by atoms with van der Waals surface area (Å²) in [4.78, 5) is 12.0. The molecule has 1 aliphatic rings. The third-order valence-corrected chi connectivity index (χ3v) is 6.47. The molecule has 2 aromatic rings. The predicted molar refractivity (Wildman–Crippen MR) is 95.7 cm³/mol. The Labute approximate surface area is 151 Å². The summed E-state index contributed by atoms with van der Waals surface area (Å²) in [5.41, 5.74) is 0.629. The van der Waals surface area contributed by atoms with Crippen molar-refractivity contribution in [2.45, 2.75) is 24.3 Å². The highest BCUT2D eigenvalue weighted by atomic mass is 35.5. The number of pyridine rings is 1. The zero-order valence-electron chi connectivity index (χ0n) is 14.0. The monoisotopic (exact) mass is 382 g/mol. The molecule has 134 valence electrons. The molecule has 3 rings (SSSR count). The van der Waals surface area contributed by atoms with Gasteiger partial charge in [-0.1, -0.05) is 11.6 Å². The summed E-state index contributed by atoms with van der Waals surface area (Å²) in [6.07, 6.45) is 0.287. The van der Waals surface area contributed by atoms with Crippen LogP contribution in [0, 0.1) is 6.92 Å². The molecule has 0 spiro atoms. The van der Waals surface area contributed by atoms with Crippen LogP contribution in [0.5, 0.6) is 5.75 Å². The van der Waals surface area contributed by atoms with Gasteiger partial charge in [-0.2, -0.15) is 4.31 Å². The van der Waals surface area contributed by atoms with Crippen LogP contribution >= 0.6 is 11.6 Å². The fourth-order valence-corrected chi connectivity index (χ4v) is 4.38. The van der Waals surface area contributed by atoms with Crippen molar-refractivity contribution in [3.8, 4) is 5.75 Å². The maximum atomic E-state index is 12.7. The van der Waals surface area contributed by atoms with Crippen molar-refractivity contribution in [2.75, 3.05) is 13.1 Å². The van der Waals surface area contributed by atoms with Gasteiger partial charge in [-0.3, -0.25) is 4.79 Å². The molecule has 6 nitrogen and oxygen atoms in total. The van der Waals surface area contributed by atoms with E-state index < -0.39 is 10.0 Å². The van der Waals surface area contributed by atoms with Crippen molar-refractivity contribution >= 4 is 21.6 Å². The zero-order chi connectivity index (χ0) is 18.2. The molecule has 1 saturated heterocycles. The molecule has 0 N–H and O–H groups in total. The molecule has 2 heterocycles. The standard InChI is InChI=1S/C17H19ClN2O4S/c1-12-9-15(10-17(21)19(12)2)24-14-7-8-20(11-14)25(22,23)16-5-3-13(18)4-6-16/h3-6,9-10,14H,7-8,11H2,1-2H3. The maximum Gasteiger partial charge on any atom is 0.254 e. The molecule has 0 saturated carbocycles. The molecule has 8 heteroatoms. The van der Waals surface area contributed by atoms with E-state index >= 15 is 0 Å². The van der Waals surface area contributed by atoms with E-state index in [1.807, 2.05) is 6.92 Å². The first-order chi connectivity index (χ1) is 11.8.